The summed E-state index contributed by atoms with van der Waals surface area (Å²) in [5.41, 5.74) is 3.64. The Bertz CT molecular complexity index is 1190. The molecule has 0 saturated heterocycles. The molecule has 2 N–H and O–H groups in total. The lowest BCUT2D eigenvalue weighted by molar-refractivity contribution is 0.111. The van der Waals surface area contributed by atoms with Crippen LogP contribution in [-0.4, -0.2) is 29.7 Å². The summed E-state index contributed by atoms with van der Waals surface area (Å²) >= 11 is 5.34. The summed E-state index contributed by atoms with van der Waals surface area (Å²) in [6.45, 7) is 0. The Kier molecular flexibility index (Phi) is 13.1. The molecule has 0 aliphatic heterocycles. The minimum Gasteiger partial charge on any atom is -0.424 e. The lowest BCUT2D eigenvalue weighted by Gasteiger charge is -1.90. The topological polar surface area (TPSA) is 74.6 Å². The van der Waals surface area contributed by atoms with Crippen molar-refractivity contribution >= 4 is 83.2 Å². The number of rotatable bonds is 6. The second-order valence-corrected chi connectivity index (χ2v) is 10.4. The van der Waals surface area contributed by atoms with E-state index in [0.29, 0.717) is 0 Å². The van der Waals surface area contributed by atoms with Gasteiger partial charge in [-0.3, -0.25) is 9.59 Å². The molecule has 0 saturated carbocycles. The average molecular weight is 600 g/mol. The van der Waals surface area contributed by atoms with Crippen LogP contribution in [0.1, 0.15) is 36.7 Å². The third kappa shape index (κ3) is 11.5. The first-order valence-electron chi connectivity index (χ1n) is 10.1. The van der Waals surface area contributed by atoms with Gasteiger partial charge in [0.2, 0.25) is 0 Å². The Morgan fingerprint density at radius 3 is 1.65 bits per heavy atom. The second kappa shape index (κ2) is 16.1. The molecular weight excluding hydrogens is 578 g/mol. The Hall–Kier alpha value is -2.63. The van der Waals surface area contributed by atoms with E-state index in [-0.39, 0.29) is 0 Å². The fourth-order valence-corrected chi connectivity index (χ4v) is 4.47. The van der Waals surface area contributed by atoms with Crippen LogP contribution in [0.2, 0.25) is 0 Å². The first kappa shape index (κ1) is 27.6. The molecule has 0 aliphatic carbocycles. The Morgan fingerprint density at radius 2 is 1.21 bits per heavy atom. The molecule has 0 fully saturated rings. The maximum Gasteiger partial charge on any atom is 0.480 e. The zero-order valence-electron chi connectivity index (χ0n) is 18.0. The fraction of sp³-hybridized carbons (Fsp3) is 0. The Morgan fingerprint density at radius 1 is 0.676 bits per heavy atom. The van der Waals surface area contributed by atoms with E-state index in [2.05, 4.69) is 22.6 Å². The van der Waals surface area contributed by atoms with Crippen molar-refractivity contribution in [3.05, 3.63) is 120 Å². The van der Waals surface area contributed by atoms with Gasteiger partial charge >= 0.3 is 7.12 Å². The zero-order chi connectivity index (χ0) is 24.6. The monoisotopic (exact) mass is 600 g/mol. The van der Waals surface area contributed by atoms with E-state index >= 15 is 0 Å². The van der Waals surface area contributed by atoms with Crippen LogP contribution in [-0.2, 0) is 0 Å². The number of thiophene rings is 2. The maximum atomic E-state index is 10.5. The summed E-state index contributed by atoms with van der Waals surface area (Å²) < 4.78 is 1.16. The van der Waals surface area contributed by atoms with Crippen molar-refractivity contribution in [2.24, 2.45) is 0 Å². The highest BCUT2D eigenvalue weighted by Gasteiger charge is 1.97. The number of halogens is 1. The van der Waals surface area contributed by atoms with Crippen LogP contribution in [0.25, 0.3) is 18.2 Å². The normalized spacial score (nSPS) is 10.2. The molecule has 2 heterocycles. The molecule has 0 aliphatic rings. The van der Waals surface area contributed by atoms with E-state index in [9.17, 15) is 9.59 Å². The molecule has 2 aromatic heterocycles. The number of carbonyl (C=O) groups excluding carboxylic acids is 2. The highest BCUT2D eigenvalue weighted by atomic mass is 127. The number of benzene rings is 2. The molecule has 0 spiro atoms. The molecule has 0 bridgehead atoms. The minimum atomic E-state index is -1.37. The SMILES string of the molecule is O=Cc1csc(/C=C/c2ccccc2)c1.O=Cc1csc(I)c1.OB(O)/C=C/c1ccccc1. The van der Waals surface area contributed by atoms with Gasteiger partial charge in [0, 0.05) is 26.8 Å². The lowest BCUT2D eigenvalue weighted by atomic mass is 9.91. The number of hydrogen-bond acceptors (Lipinski definition) is 6. The predicted octanol–water partition coefficient (Wildman–Crippen LogP) is 6.61. The summed E-state index contributed by atoms with van der Waals surface area (Å²) in [7, 11) is -1.37. The summed E-state index contributed by atoms with van der Waals surface area (Å²) in [4.78, 5) is 21.6. The third-order valence-electron chi connectivity index (χ3n) is 4.00. The van der Waals surface area contributed by atoms with E-state index in [1.54, 1.807) is 28.7 Å². The van der Waals surface area contributed by atoms with Gasteiger partial charge in [-0.05, 0) is 51.9 Å². The van der Waals surface area contributed by atoms with E-state index in [0.717, 1.165) is 37.0 Å². The Labute approximate surface area is 221 Å². The van der Waals surface area contributed by atoms with Gasteiger partial charge in [-0.25, -0.2) is 0 Å². The van der Waals surface area contributed by atoms with Crippen LogP contribution in [0, 0.1) is 2.88 Å². The van der Waals surface area contributed by atoms with E-state index in [1.165, 1.54) is 11.5 Å². The minimum absolute atomic E-state index is 0.743. The quantitative estimate of drug-likeness (QED) is 0.149. The van der Waals surface area contributed by atoms with Crippen LogP contribution in [0.15, 0.2) is 89.5 Å². The fourth-order valence-electron chi connectivity index (χ4n) is 2.41. The van der Waals surface area contributed by atoms with Crippen LogP contribution < -0.4 is 0 Å². The molecule has 0 atom stereocenters. The summed E-state index contributed by atoms with van der Waals surface area (Å²) in [5.74, 6) is 1.31. The van der Waals surface area contributed by atoms with Crippen molar-refractivity contribution in [1.29, 1.82) is 0 Å². The van der Waals surface area contributed by atoms with E-state index < -0.39 is 7.12 Å². The molecule has 0 amide bonds. The van der Waals surface area contributed by atoms with Crippen molar-refractivity contribution in [1.82, 2.24) is 0 Å². The van der Waals surface area contributed by atoms with Gasteiger partial charge in [0.1, 0.15) is 0 Å². The van der Waals surface area contributed by atoms with Crippen molar-refractivity contribution < 1.29 is 19.6 Å². The van der Waals surface area contributed by atoms with Gasteiger partial charge in [-0.1, -0.05) is 78.8 Å². The average Bonchev–Trinajstić information content (AvgIpc) is 3.52. The van der Waals surface area contributed by atoms with Crippen molar-refractivity contribution in [2.75, 3.05) is 0 Å². The maximum absolute atomic E-state index is 10.5. The highest BCUT2D eigenvalue weighted by Crippen LogP contribution is 2.16. The molecule has 4 nitrogen and oxygen atoms in total. The molecule has 2 aromatic carbocycles. The lowest BCUT2D eigenvalue weighted by Crippen LogP contribution is -2.05. The van der Waals surface area contributed by atoms with Crippen molar-refractivity contribution in [3.63, 3.8) is 0 Å². The highest BCUT2D eigenvalue weighted by molar-refractivity contribution is 14.1. The van der Waals surface area contributed by atoms with Crippen LogP contribution in [0.5, 0.6) is 0 Å². The van der Waals surface area contributed by atoms with Crippen molar-refractivity contribution in [2.45, 2.75) is 0 Å². The number of carbonyl (C=O) groups is 2. The van der Waals surface area contributed by atoms with Crippen LogP contribution in [0.4, 0.5) is 0 Å². The van der Waals surface area contributed by atoms with Gasteiger partial charge in [0.15, 0.2) is 12.6 Å². The number of aldehydes is 2. The van der Waals surface area contributed by atoms with Crippen molar-refractivity contribution in [3.8, 4) is 0 Å². The van der Waals surface area contributed by atoms with E-state index in [1.807, 2.05) is 95.7 Å². The molecule has 4 rings (SSSR count). The summed E-state index contributed by atoms with van der Waals surface area (Å²) in [6.07, 6.45) is 7.45. The summed E-state index contributed by atoms with van der Waals surface area (Å²) in [6, 6.07) is 23.3. The molecule has 34 heavy (non-hydrogen) atoms. The van der Waals surface area contributed by atoms with Crippen LogP contribution in [0.3, 0.4) is 0 Å². The molecular formula is C26H22BIO4S2. The van der Waals surface area contributed by atoms with Gasteiger partial charge in [0.05, 0.1) is 2.88 Å². The standard InChI is InChI=1S/C13H10OS.C8H9BO2.C5H3IOS/c14-9-12-8-13(15-10-12)7-6-11-4-2-1-3-5-11;10-9(11)7-6-8-4-2-1-3-5-8;6-5-1-4(2-7)3-8-5/h1-10H;1-7,10-11H;1-3H/b2*7-6+;. The predicted molar refractivity (Wildman–Crippen MR) is 153 cm³/mol. The Balaban J connectivity index is 0.000000190. The largest absolute Gasteiger partial charge is 0.480 e. The van der Waals surface area contributed by atoms with Gasteiger partial charge in [-0.15, -0.1) is 22.7 Å². The third-order valence-corrected chi connectivity index (χ3v) is 6.72. The molecule has 4 aromatic rings. The van der Waals surface area contributed by atoms with Crippen LogP contribution >= 0.6 is 45.3 Å². The first-order chi connectivity index (χ1) is 16.5. The molecule has 8 heteroatoms. The van der Waals surface area contributed by atoms with Gasteiger partial charge in [-0.2, -0.15) is 0 Å². The summed E-state index contributed by atoms with van der Waals surface area (Å²) in [5, 5.41) is 20.7. The first-order valence-corrected chi connectivity index (χ1v) is 12.9. The smallest absolute Gasteiger partial charge is 0.424 e. The van der Waals surface area contributed by atoms with Gasteiger partial charge in [0.25, 0.3) is 0 Å². The molecule has 0 unspecified atom stereocenters. The van der Waals surface area contributed by atoms with E-state index in [4.69, 9.17) is 10.0 Å². The van der Waals surface area contributed by atoms with Gasteiger partial charge < -0.3 is 10.0 Å². The zero-order valence-corrected chi connectivity index (χ0v) is 21.8. The molecule has 0 radical (unpaired) electrons. The number of hydrogen-bond donors (Lipinski definition) is 2. The molecule has 172 valence electrons. The second-order valence-electron chi connectivity index (χ2n) is 6.63.